The number of hydrogen-bond acceptors (Lipinski definition) is 9. The third-order valence-electron chi connectivity index (χ3n) is 11.7. The summed E-state index contributed by atoms with van der Waals surface area (Å²) in [5.41, 5.74) is 0.692. The number of para-hydroxylation sites is 1. The van der Waals surface area contributed by atoms with Gasteiger partial charge in [0.25, 0.3) is 8.32 Å². The van der Waals surface area contributed by atoms with Crippen LogP contribution in [0.4, 0.5) is 29.5 Å². The van der Waals surface area contributed by atoms with Crippen LogP contribution in [0.25, 0.3) is 0 Å². The van der Waals surface area contributed by atoms with Gasteiger partial charge in [0.1, 0.15) is 12.4 Å². The quantitative estimate of drug-likeness (QED) is 0.187. The third kappa shape index (κ3) is 8.23. The lowest BCUT2D eigenvalue weighted by Gasteiger charge is -2.44. The van der Waals surface area contributed by atoms with Gasteiger partial charge in [-0.2, -0.15) is 28.4 Å². The normalized spacial score (nSPS) is 20.4. The molecule has 1 N–H and O–H groups in total. The van der Waals surface area contributed by atoms with Crippen LogP contribution in [0.1, 0.15) is 50.4 Å². The molecule has 1 aromatic heterocycles. The summed E-state index contributed by atoms with van der Waals surface area (Å²) in [4.78, 5) is 28.9. The lowest BCUT2D eigenvalue weighted by molar-refractivity contribution is -0.137. The first-order valence-electron chi connectivity index (χ1n) is 19.7. The van der Waals surface area contributed by atoms with E-state index in [1.54, 1.807) is 11.0 Å². The van der Waals surface area contributed by atoms with Crippen LogP contribution >= 0.6 is 0 Å². The number of fused-ring (bicyclic) bond motifs is 1. The van der Waals surface area contributed by atoms with Crippen molar-refractivity contribution in [2.45, 2.75) is 76.0 Å². The SMILES string of the molecule is CN1C[C@H](O[Si](c2ccccc2)(c2ccccc2)C(C)(C)C)C[C@H]1COc1nc2c(c(N3CCN(C(=O)O)C(CC#N)C3)n1)CCN(c1ccccc1C(F)(F)F)C2. The lowest BCUT2D eigenvalue weighted by atomic mass is 10.0. The van der Waals surface area contributed by atoms with Crippen molar-refractivity contribution in [3.63, 3.8) is 0 Å². The number of hydrogen-bond donors (Lipinski definition) is 1. The summed E-state index contributed by atoms with van der Waals surface area (Å²) in [5, 5.41) is 21.6. The first-order chi connectivity index (χ1) is 27.7. The lowest BCUT2D eigenvalue weighted by Crippen LogP contribution is -2.67. The number of benzene rings is 3. The van der Waals surface area contributed by atoms with Gasteiger partial charge in [0.15, 0.2) is 0 Å². The largest absolute Gasteiger partial charge is 0.465 e. The number of likely N-dealkylation sites (tertiary alicyclic amines) is 1. The second kappa shape index (κ2) is 16.6. The molecule has 2 saturated heterocycles. The molecule has 4 aromatic rings. The minimum atomic E-state index is -4.53. The Kier molecular flexibility index (Phi) is 11.7. The maximum Gasteiger partial charge on any atom is 0.418 e. The molecule has 1 unspecified atom stereocenters. The fraction of sp³-hybridized carbons (Fsp3) is 0.442. The third-order valence-corrected chi connectivity index (χ3v) is 16.8. The summed E-state index contributed by atoms with van der Waals surface area (Å²) < 4.78 is 56.3. The molecule has 0 spiro atoms. The van der Waals surface area contributed by atoms with E-state index in [2.05, 4.69) is 87.3 Å². The van der Waals surface area contributed by atoms with Crippen LogP contribution < -0.4 is 24.9 Å². The predicted molar refractivity (Wildman–Crippen MR) is 218 cm³/mol. The van der Waals surface area contributed by atoms with Crippen molar-refractivity contribution in [2.75, 3.05) is 56.2 Å². The van der Waals surface area contributed by atoms with Gasteiger partial charge in [-0.05, 0) is 47.4 Å². The zero-order valence-electron chi connectivity index (χ0n) is 33.3. The molecular weight excluding hydrogens is 764 g/mol. The van der Waals surface area contributed by atoms with Crippen molar-refractivity contribution in [2.24, 2.45) is 0 Å². The molecule has 4 heterocycles. The molecule has 1 amide bonds. The Morgan fingerprint density at radius 3 is 2.17 bits per heavy atom. The molecule has 0 bridgehead atoms. The average molecular weight is 814 g/mol. The fourth-order valence-electron chi connectivity index (χ4n) is 8.91. The van der Waals surface area contributed by atoms with Crippen LogP contribution in [0.2, 0.25) is 5.04 Å². The van der Waals surface area contributed by atoms with Crippen LogP contribution in [0.3, 0.4) is 0 Å². The van der Waals surface area contributed by atoms with Crippen LogP contribution in [0.5, 0.6) is 6.01 Å². The number of carboxylic acid groups (broad SMARTS) is 1. The van der Waals surface area contributed by atoms with Gasteiger partial charge in [-0.15, -0.1) is 0 Å². The average Bonchev–Trinajstić information content (AvgIpc) is 3.56. The molecule has 3 aliphatic heterocycles. The highest BCUT2D eigenvalue weighted by Crippen LogP contribution is 2.41. The van der Waals surface area contributed by atoms with Crippen LogP contribution in [-0.2, 0) is 23.6 Å². The number of piperazine rings is 1. The smallest absolute Gasteiger partial charge is 0.418 e. The molecule has 58 heavy (non-hydrogen) atoms. The Balaban J connectivity index is 1.16. The molecule has 0 saturated carbocycles. The number of carbonyl (C=O) groups is 1. The molecule has 7 rings (SSSR count). The van der Waals surface area contributed by atoms with E-state index in [1.807, 2.05) is 17.0 Å². The Morgan fingerprint density at radius 2 is 1.55 bits per heavy atom. The topological polar surface area (TPSA) is 118 Å². The number of halogens is 3. The van der Waals surface area contributed by atoms with E-state index < -0.39 is 32.2 Å². The van der Waals surface area contributed by atoms with Gasteiger partial charge in [0.05, 0.1) is 42.4 Å². The van der Waals surface area contributed by atoms with Crippen molar-refractivity contribution in [1.82, 2.24) is 19.8 Å². The number of aromatic nitrogens is 2. The van der Waals surface area contributed by atoms with Crippen molar-refractivity contribution in [1.29, 1.82) is 5.26 Å². The molecule has 0 aliphatic carbocycles. The number of likely N-dealkylation sites (N-methyl/N-ethyl adjacent to an activating group) is 1. The molecule has 11 nitrogen and oxygen atoms in total. The Labute approximate surface area is 338 Å². The molecule has 3 aliphatic rings. The fourth-order valence-corrected chi connectivity index (χ4v) is 13.6. The highest BCUT2D eigenvalue weighted by Gasteiger charge is 2.52. The van der Waals surface area contributed by atoms with Crippen LogP contribution in [-0.4, -0.2) is 104 Å². The number of anilines is 2. The number of nitriles is 1. The number of ether oxygens (including phenoxy) is 1. The van der Waals surface area contributed by atoms with E-state index in [-0.39, 0.29) is 61.5 Å². The summed E-state index contributed by atoms with van der Waals surface area (Å²) in [6.07, 6.45) is -4.64. The second-order valence-corrected chi connectivity index (χ2v) is 20.7. The Bertz CT molecular complexity index is 2080. The van der Waals surface area contributed by atoms with E-state index in [4.69, 9.17) is 19.1 Å². The molecule has 2 fully saturated rings. The second-order valence-electron chi connectivity index (χ2n) is 16.4. The summed E-state index contributed by atoms with van der Waals surface area (Å²) >= 11 is 0. The summed E-state index contributed by atoms with van der Waals surface area (Å²) in [6, 6.07) is 28.2. The number of nitrogens with zero attached hydrogens (tertiary/aromatic N) is 7. The molecule has 0 radical (unpaired) electrons. The molecule has 3 aromatic carbocycles. The highest BCUT2D eigenvalue weighted by molar-refractivity contribution is 6.99. The first-order valence-corrected chi connectivity index (χ1v) is 21.6. The van der Waals surface area contributed by atoms with E-state index in [9.17, 15) is 28.3 Å². The summed E-state index contributed by atoms with van der Waals surface area (Å²) in [7, 11) is -0.760. The van der Waals surface area contributed by atoms with Gasteiger partial charge in [-0.1, -0.05) is 93.6 Å². The van der Waals surface area contributed by atoms with E-state index in [0.717, 1.165) is 11.6 Å². The van der Waals surface area contributed by atoms with Gasteiger partial charge in [-0.25, -0.2) is 4.79 Å². The zero-order chi connectivity index (χ0) is 41.2. The number of alkyl halides is 3. The summed E-state index contributed by atoms with van der Waals surface area (Å²) in [6.45, 7) is 8.84. The van der Waals surface area contributed by atoms with E-state index in [1.165, 1.54) is 27.4 Å². The van der Waals surface area contributed by atoms with Gasteiger partial charge >= 0.3 is 18.3 Å². The zero-order valence-corrected chi connectivity index (χ0v) is 34.3. The van der Waals surface area contributed by atoms with Crippen molar-refractivity contribution < 1.29 is 32.2 Å². The summed E-state index contributed by atoms with van der Waals surface area (Å²) in [5.74, 6) is 0.560. The highest BCUT2D eigenvalue weighted by atomic mass is 28.4. The molecule has 3 atom stereocenters. The first kappa shape index (κ1) is 41.0. The van der Waals surface area contributed by atoms with Crippen LogP contribution in [0.15, 0.2) is 84.9 Å². The van der Waals surface area contributed by atoms with Crippen LogP contribution in [0, 0.1) is 11.3 Å². The Morgan fingerprint density at radius 1 is 0.897 bits per heavy atom. The molecule has 306 valence electrons. The number of amides is 1. The van der Waals surface area contributed by atoms with E-state index in [0.29, 0.717) is 44.0 Å². The Hall–Kier alpha value is -5.17. The minimum absolute atomic E-state index is 0.00654. The van der Waals surface area contributed by atoms with Gasteiger partial charge in [0, 0.05) is 50.0 Å². The predicted octanol–water partition coefficient (Wildman–Crippen LogP) is 6.17. The van der Waals surface area contributed by atoms with Crippen molar-refractivity contribution >= 4 is 36.3 Å². The van der Waals surface area contributed by atoms with Gasteiger partial charge in [-0.3, -0.25) is 4.90 Å². The van der Waals surface area contributed by atoms with Crippen molar-refractivity contribution in [3.8, 4) is 12.1 Å². The molecule has 15 heteroatoms. The van der Waals surface area contributed by atoms with E-state index >= 15 is 0 Å². The maximum atomic E-state index is 14.1. The number of rotatable bonds is 10. The minimum Gasteiger partial charge on any atom is -0.465 e. The maximum absolute atomic E-state index is 14.1. The monoisotopic (exact) mass is 813 g/mol. The molecular formula is C43H50F3N7O4Si. The van der Waals surface area contributed by atoms with Gasteiger partial charge < -0.3 is 29.0 Å². The standard InChI is InChI=1S/C43H50F3N7O4Si/c1-42(2,3)58(33-13-7-5-8-14-33,34-15-9-6-10-16-34)57-32-25-31(50(4)27-32)29-56-40-48-37-28-51(38-18-12-11-17-36(38)43(44,45)46)22-20-35(37)39(49-40)52-23-24-53(41(54)55)30(26-52)19-21-47/h5-18,30-32H,19-20,22-29H2,1-4H3,(H,54,55)/t30?,31-,32+/m0/s1. The van der Waals surface area contributed by atoms with Gasteiger partial charge in [0.2, 0.25) is 0 Å². The van der Waals surface area contributed by atoms with Crippen molar-refractivity contribution in [3.05, 3.63) is 102 Å².